The third kappa shape index (κ3) is 1.67. The van der Waals surface area contributed by atoms with E-state index in [4.69, 9.17) is 10.3 Å². The van der Waals surface area contributed by atoms with Gasteiger partial charge in [-0.25, -0.2) is 0 Å². The molecular formula is C8H12N6O. The van der Waals surface area contributed by atoms with Crippen molar-refractivity contribution in [1.82, 2.24) is 25.4 Å². The van der Waals surface area contributed by atoms with E-state index in [-0.39, 0.29) is 5.54 Å². The fraction of sp³-hybridized carbons (Fsp3) is 0.500. The second kappa shape index (κ2) is 3.04. The maximum Gasteiger partial charge on any atom is 0.245 e. The Morgan fingerprint density at radius 3 is 2.60 bits per heavy atom. The molecule has 2 N–H and O–H groups in total. The number of nitrogens with two attached hydrogens (primary N) is 1. The summed E-state index contributed by atoms with van der Waals surface area (Å²) in [6, 6.07) is 0. The molecule has 0 aliphatic heterocycles. The molecule has 0 aliphatic rings. The van der Waals surface area contributed by atoms with Crippen LogP contribution in [0.1, 0.15) is 20.8 Å². The molecular weight excluding hydrogens is 196 g/mol. The molecule has 2 rings (SSSR count). The minimum atomic E-state index is -0.222. The van der Waals surface area contributed by atoms with Gasteiger partial charge in [-0.3, -0.25) is 0 Å². The smallest absolute Gasteiger partial charge is 0.245 e. The number of anilines is 1. The summed E-state index contributed by atoms with van der Waals surface area (Å²) in [6.07, 6.45) is 1.41. The lowest BCUT2D eigenvalue weighted by Crippen LogP contribution is -2.24. The Hall–Kier alpha value is -1.92. The molecule has 0 unspecified atom stereocenters. The lowest BCUT2D eigenvalue weighted by molar-refractivity contribution is 0.306. The molecule has 2 aromatic heterocycles. The lowest BCUT2D eigenvalue weighted by Gasteiger charge is -2.15. The second-order valence-electron chi connectivity index (χ2n) is 4.18. The Bertz CT molecular complexity index is 465. The van der Waals surface area contributed by atoms with Gasteiger partial charge in [-0.15, -0.1) is 10.2 Å². The van der Waals surface area contributed by atoms with Gasteiger partial charge in [0, 0.05) is 0 Å². The first-order valence-corrected chi connectivity index (χ1v) is 4.49. The maximum absolute atomic E-state index is 5.62. The van der Waals surface area contributed by atoms with Crippen LogP contribution in [0.3, 0.4) is 0 Å². The van der Waals surface area contributed by atoms with Crippen LogP contribution >= 0.6 is 0 Å². The Labute approximate surface area is 86.2 Å². The Balaban J connectivity index is 2.41. The monoisotopic (exact) mass is 208 g/mol. The molecule has 0 fully saturated rings. The summed E-state index contributed by atoms with van der Waals surface area (Å²) in [4.78, 5) is 1.50. The van der Waals surface area contributed by atoms with E-state index in [9.17, 15) is 0 Å². The molecule has 7 heteroatoms. The van der Waals surface area contributed by atoms with Crippen molar-refractivity contribution in [3.8, 4) is 11.6 Å². The first-order chi connectivity index (χ1) is 6.98. The van der Waals surface area contributed by atoms with Crippen LogP contribution in [0.4, 0.5) is 5.69 Å². The third-order valence-corrected chi connectivity index (χ3v) is 1.81. The number of hydrogen-bond acceptors (Lipinski definition) is 6. The highest BCUT2D eigenvalue weighted by Gasteiger charge is 2.20. The number of hydrogen-bond donors (Lipinski definition) is 1. The molecule has 2 heterocycles. The third-order valence-electron chi connectivity index (χ3n) is 1.81. The van der Waals surface area contributed by atoms with Crippen molar-refractivity contribution >= 4 is 5.69 Å². The predicted molar refractivity (Wildman–Crippen MR) is 52.7 cm³/mol. The highest BCUT2D eigenvalue weighted by Crippen LogP contribution is 2.21. The summed E-state index contributed by atoms with van der Waals surface area (Å²) in [5.74, 6) is 0.699. The van der Waals surface area contributed by atoms with Crippen LogP contribution in [0.15, 0.2) is 10.7 Å². The zero-order valence-electron chi connectivity index (χ0n) is 8.80. The van der Waals surface area contributed by atoms with Gasteiger partial charge in [0.1, 0.15) is 5.69 Å². The van der Waals surface area contributed by atoms with E-state index in [0.29, 0.717) is 17.3 Å². The first kappa shape index (κ1) is 9.63. The van der Waals surface area contributed by atoms with Gasteiger partial charge in [0.05, 0.1) is 11.7 Å². The average molecular weight is 208 g/mol. The van der Waals surface area contributed by atoms with Gasteiger partial charge in [-0.2, -0.15) is 4.80 Å². The zero-order chi connectivity index (χ0) is 11.1. The Kier molecular flexibility index (Phi) is 1.95. The van der Waals surface area contributed by atoms with Gasteiger partial charge < -0.3 is 10.3 Å². The summed E-state index contributed by atoms with van der Waals surface area (Å²) in [6.45, 7) is 5.92. The quantitative estimate of drug-likeness (QED) is 0.739. The number of nitrogen functional groups attached to an aromatic ring is 1. The van der Waals surface area contributed by atoms with Gasteiger partial charge in [0.15, 0.2) is 0 Å². The van der Waals surface area contributed by atoms with Gasteiger partial charge in [0.2, 0.25) is 11.6 Å². The van der Waals surface area contributed by atoms with Crippen molar-refractivity contribution in [2.45, 2.75) is 26.3 Å². The molecule has 0 aromatic carbocycles. The van der Waals surface area contributed by atoms with Crippen molar-refractivity contribution < 1.29 is 4.52 Å². The van der Waals surface area contributed by atoms with Crippen LogP contribution in [0.25, 0.3) is 11.6 Å². The summed E-state index contributed by atoms with van der Waals surface area (Å²) in [7, 11) is 0. The largest absolute Gasteiger partial charge is 0.394 e. The molecule has 2 aromatic rings. The molecule has 15 heavy (non-hydrogen) atoms. The number of tetrazole rings is 1. The van der Waals surface area contributed by atoms with E-state index in [0.717, 1.165) is 0 Å². The van der Waals surface area contributed by atoms with Crippen LogP contribution in [0, 0.1) is 0 Å². The number of aromatic nitrogens is 5. The maximum atomic E-state index is 5.62. The molecule has 0 amide bonds. The van der Waals surface area contributed by atoms with E-state index in [1.807, 2.05) is 20.8 Å². The van der Waals surface area contributed by atoms with Crippen LogP contribution in [-0.2, 0) is 5.54 Å². The van der Waals surface area contributed by atoms with Crippen molar-refractivity contribution in [1.29, 1.82) is 0 Å². The minimum Gasteiger partial charge on any atom is -0.394 e. The predicted octanol–water partition coefficient (Wildman–Crippen LogP) is 0.665. The van der Waals surface area contributed by atoms with E-state index in [1.54, 1.807) is 0 Å². The topological polar surface area (TPSA) is 95.7 Å². The summed E-state index contributed by atoms with van der Waals surface area (Å²) in [5.41, 5.74) is 5.80. The zero-order valence-corrected chi connectivity index (χ0v) is 8.80. The van der Waals surface area contributed by atoms with E-state index >= 15 is 0 Å². The van der Waals surface area contributed by atoms with Gasteiger partial charge in [-0.05, 0) is 26.0 Å². The van der Waals surface area contributed by atoms with Crippen LogP contribution in [0.2, 0.25) is 0 Å². The minimum absolute atomic E-state index is 0.222. The standard InChI is InChI=1S/C8H12N6O/c1-8(2,3)14-12-7(11-13-14)6-5(9)4-10-15-6/h4H,9H2,1-3H3. The molecule has 0 bridgehead atoms. The van der Waals surface area contributed by atoms with Gasteiger partial charge >= 0.3 is 0 Å². The van der Waals surface area contributed by atoms with Crippen molar-refractivity contribution in [3.63, 3.8) is 0 Å². The van der Waals surface area contributed by atoms with E-state index in [1.165, 1.54) is 11.0 Å². The number of nitrogens with zero attached hydrogens (tertiary/aromatic N) is 5. The van der Waals surface area contributed by atoms with Crippen LogP contribution < -0.4 is 5.73 Å². The van der Waals surface area contributed by atoms with Crippen molar-refractivity contribution in [2.75, 3.05) is 5.73 Å². The van der Waals surface area contributed by atoms with Crippen molar-refractivity contribution in [2.24, 2.45) is 0 Å². The van der Waals surface area contributed by atoms with Gasteiger partial charge in [-0.1, -0.05) is 5.16 Å². The average Bonchev–Trinajstić information content (AvgIpc) is 2.69. The summed E-state index contributed by atoms with van der Waals surface area (Å²) < 4.78 is 4.92. The normalized spacial score (nSPS) is 11.9. The van der Waals surface area contributed by atoms with Crippen LogP contribution in [-0.4, -0.2) is 25.4 Å². The second-order valence-corrected chi connectivity index (χ2v) is 4.18. The highest BCUT2D eigenvalue weighted by atomic mass is 16.5. The fourth-order valence-electron chi connectivity index (χ4n) is 1.01. The molecule has 80 valence electrons. The van der Waals surface area contributed by atoms with Gasteiger partial charge in [0.25, 0.3) is 0 Å². The van der Waals surface area contributed by atoms with Crippen LogP contribution in [0.5, 0.6) is 0 Å². The molecule has 0 aliphatic carbocycles. The fourth-order valence-corrected chi connectivity index (χ4v) is 1.01. The molecule has 0 spiro atoms. The first-order valence-electron chi connectivity index (χ1n) is 4.49. The van der Waals surface area contributed by atoms with E-state index in [2.05, 4.69) is 20.6 Å². The lowest BCUT2D eigenvalue weighted by atomic mass is 10.1. The molecule has 0 saturated carbocycles. The molecule has 0 radical (unpaired) electrons. The Morgan fingerprint density at radius 1 is 1.40 bits per heavy atom. The van der Waals surface area contributed by atoms with Crippen molar-refractivity contribution in [3.05, 3.63) is 6.20 Å². The summed E-state index contributed by atoms with van der Waals surface area (Å²) >= 11 is 0. The Morgan fingerprint density at radius 2 is 2.13 bits per heavy atom. The summed E-state index contributed by atoms with van der Waals surface area (Å²) in [5, 5.41) is 15.5. The molecule has 7 nitrogen and oxygen atoms in total. The highest BCUT2D eigenvalue weighted by molar-refractivity contribution is 5.63. The van der Waals surface area contributed by atoms with E-state index < -0.39 is 0 Å². The molecule has 0 saturated heterocycles. The molecule has 0 atom stereocenters. The SMILES string of the molecule is CC(C)(C)n1nnc(-c2oncc2N)n1. The number of rotatable bonds is 1.